The summed E-state index contributed by atoms with van der Waals surface area (Å²) in [6.07, 6.45) is 4.94. The predicted octanol–water partition coefficient (Wildman–Crippen LogP) is -1.31. The van der Waals surface area contributed by atoms with E-state index >= 15 is 0 Å². The highest BCUT2D eigenvalue weighted by molar-refractivity contribution is 5.85. The summed E-state index contributed by atoms with van der Waals surface area (Å²) in [4.78, 5) is 33.2. The molecule has 0 unspecified atom stereocenters. The molecule has 0 saturated carbocycles. The van der Waals surface area contributed by atoms with E-state index in [9.17, 15) is 14.4 Å². The summed E-state index contributed by atoms with van der Waals surface area (Å²) in [7, 11) is 0. The van der Waals surface area contributed by atoms with Gasteiger partial charge in [0, 0.05) is 6.07 Å². The number of nitrogens with one attached hydrogen (secondary N) is 1. The fourth-order valence-electron chi connectivity index (χ4n) is 1.02. The number of carboxylic acids is 1. The number of rotatable bonds is 4. The summed E-state index contributed by atoms with van der Waals surface area (Å²) in [6.45, 7) is -0.339. The van der Waals surface area contributed by atoms with Crippen LogP contribution in [-0.2, 0) is 11.3 Å². The van der Waals surface area contributed by atoms with E-state index in [-0.39, 0.29) is 18.8 Å². The molecule has 7 heteroatoms. The fourth-order valence-corrected chi connectivity index (χ4v) is 1.02. The maximum Gasteiger partial charge on any atom is 0.356 e. The molecular formula is C10H9N3O4. The van der Waals surface area contributed by atoms with E-state index in [2.05, 4.69) is 16.3 Å². The first kappa shape index (κ1) is 12.4. The van der Waals surface area contributed by atoms with Crippen LogP contribution in [0.3, 0.4) is 0 Å². The van der Waals surface area contributed by atoms with Gasteiger partial charge in [-0.3, -0.25) is 9.59 Å². The Kier molecular flexibility index (Phi) is 4.00. The molecule has 0 aliphatic rings. The zero-order chi connectivity index (χ0) is 12.8. The lowest BCUT2D eigenvalue weighted by atomic mass is 10.4. The van der Waals surface area contributed by atoms with Crippen LogP contribution in [-0.4, -0.2) is 33.3 Å². The first-order chi connectivity index (χ1) is 8.04. The van der Waals surface area contributed by atoms with Crippen LogP contribution in [0.1, 0.15) is 10.5 Å². The molecule has 0 aromatic carbocycles. The number of aromatic carboxylic acids is 1. The second-order valence-electron chi connectivity index (χ2n) is 3.00. The van der Waals surface area contributed by atoms with Crippen molar-refractivity contribution in [3.8, 4) is 12.3 Å². The normalized spacial score (nSPS) is 9.35. The summed E-state index contributed by atoms with van der Waals surface area (Å²) in [5, 5.41) is 14.5. The molecule has 1 aromatic rings. The van der Waals surface area contributed by atoms with Crippen molar-refractivity contribution in [3.05, 3.63) is 28.2 Å². The van der Waals surface area contributed by atoms with E-state index in [1.54, 1.807) is 0 Å². The summed E-state index contributed by atoms with van der Waals surface area (Å²) in [5.41, 5.74) is -0.875. The standard InChI is InChI=1S/C10H9N3O4/c1-2-5-11-8(14)6-13-9(15)4-3-7(12-13)10(16)17/h1,3-4H,5-6H2,(H,11,14)(H,16,17). The minimum atomic E-state index is -1.28. The van der Waals surface area contributed by atoms with E-state index in [0.29, 0.717) is 0 Å². The Bertz CT molecular complexity index is 541. The lowest BCUT2D eigenvalue weighted by molar-refractivity contribution is -0.121. The van der Waals surface area contributed by atoms with Gasteiger partial charge in [-0.2, -0.15) is 5.10 Å². The van der Waals surface area contributed by atoms with Gasteiger partial charge in [-0.1, -0.05) is 5.92 Å². The Labute approximate surface area is 96.1 Å². The summed E-state index contributed by atoms with van der Waals surface area (Å²) in [5.74, 6) is 0.406. The number of hydrogen-bond acceptors (Lipinski definition) is 4. The second-order valence-corrected chi connectivity index (χ2v) is 3.00. The van der Waals surface area contributed by atoms with Crippen molar-refractivity contribution in [1.29, 1.82) is 0 Å². The molecule has 0 aliphatic heterocycles. The molecule has 17 heavy (non-hydrogen) atoms. The topological polar surface area (TPSA) is 101 Å². The van der Waals surface area contributed by atoms with Gasteiger partial charge in [0.1, 0.15) is 6.54 Å². The van der Waals surface area contributed by atoms with Gasteiger partial charge >= 0.3 is 5.97 Å². The minimum Gasteiger partial charge on any atom is -0.476 e. The van der Waals surface area contributed by atoms with Crippen molar-refractivity contribution in [2.75, 3.05) is 6.54 Å². The number of terminal acetylenes is 1. The van der Waals surface area contributed by atoms with Crippen LogP contribution in [0.4, 0.5) is 0 Å². The Morgan fingerprint density at radius 1 is 1.53 bits per heavy atom. The lowest BCUT2D eigenvalue weighted by Gasteiger charge is -2.04. The first-order valence-corrected chi connectivity index (χ1v) is 4.56. The number of carboxylic acid groups (broad SMARTS) is 1. The Hall–Kier alpha value is -2.62. The number of aromatic nitrogens is 2. The molecule has 0 radical (unpaired) electrons. The smallest absolute Gasteiger partial charge is 0.356 e. The first-order valence-electron chi connectivity index (χ1n) is 4.56. The molecule has 88 valence electrons. The van der Waals surface area contributed by atoms with Crippen LogP contribution in [0.25, 0.3) is 0 Å². The van der Waals surface area contributed by atoms with Gasteiger partial charge < -0.3 is 10.4 Å². The van der Waals surface area contributed by atoms with Gasteiger partial charge in [-0.25, -0.2) is 9.48 Å². The third-order valence-electron chi connectivity index (χ3n) is 1.77. The second kappa shape index (κ2) is 5.46. The highest BCUT2D eigenvalue weighted by atomic mass is 16.4. The summed E-state index contributed by atoms with van der Waals surface area (Å²) >= 11 is 0. The largest absolute Gasteiger partial charge is 0.476 e. The number of carbonyl (C=O) groups excluding carboxylic acids is 1. The van der Waals surface area contributed by atoms with Crippen LogP contribution >= 0.6 is 0 Å². The predicted molar refractivity (Wildman–Crippen MR) is 57.3 cm³/mol. The zero-order valence-electron chi connectivity index (χ0n) is 8.71. The molecule has 1 rings (SSSR count). The Morgan fingerprint density at radius 3 is 2.82 bits per heavy atom. The molecule has 2 N–H and O–H groups in total. The molecule has 0 aliphatic carbocycles. The quantitative estimate of drug-likeness (QED) is 0.631. The molecule has 1 aromatic heterocycles. The van der Waals surface area contributed by atoms with Crippen LogP contribution < -0.4 is 10.9 Å². The Morgan fingerprint density at radius 2 is 2.24 bits per heavy atom. The van der Waals surface area contributed by atoms with Gasteiger partial charge in [-0.05, 0) is 6.07 Å². The highest BCUT2D eigenvalue weighted by Gasteiger charge is 2.09. The SMILES string of the molecule is C#CCNC(=O)Cn1nc(C(=O)O)ccc1=O. The van der Waals surface area contributed by atoms with Crippen molar-refractivity contribution in [2.45, 2.75) is 6.54 Å². The molecule has 0 bridgehead atoms. The number of carbonyl (C=O) groups is 2. The molecule has 0 atom stereocenters. The molecule has 1 heterocycles. The van der Waals surface area contributed by atoms with Gasteiger partial charge in [-0.15, -0.1) is 6.42 Å². The lowest BCUT2D eigenvalue weighted by Crippen LogP contribution is -2.34. The highest BCUT2D eigenvalue weighted by Crippen LogP contribution is 1.89. The van der Waals surface area contributed by atoms with E-state index < -0.39 is 17.4 Å². The molecule has 7 nitrogen and oxygen atoms in total. The third kappa shape index (κ3) is 3.46. The van der Waals surface area contributed by atoms with Gasteiger partial charge in [0.2, 0.25) is 5.91 Å². The van der Waals surface area contributed by atoms with Gasteiger partial charge in [0.05, 0.1) is 6.54 Å². The molecular weight excluding hydrogens is 226 g/mol. The van der Waals surface area contributed by atoms with E-state index in [0.717, 1.165) is 16.8 Å². The average Bonchev–Trinajstić information content (AvgIpc) is 2.29. The maximum atomic E-state index is 11.3. The monoisotopic (exact) mass is 235 g/mol. The number of hydrogen-bond donors (Lipinski definition) is 2. The van der Waals surface area contributed by atoms with E-state index in [1.165, 1.54) is 0 Å². The number of amides is 1. The van der Waals surface area contributed by atoms with Crippen LogP contribution in [0.5, 0.6) is 0 Å². The summed E-state index contributed by atoms with van der Waals surface area (Å²) in [6, 6.07) is 2.10. The number of nitrogens with zero attached hydrogens (tertiary/aromatic N) is 2. The molecule has 1 amide bonds. The van der Waals surface area contributed by atoms with Crippen molar-refractivity contribution in [1.82, 2.24) is 15.1 Å². The molecule has 0 saturated heterocycles. The van der Waals surface area contributed by atoms with Crippen molar-refractivity contribution in [3.63, 3.8) is 0 Å². The van der Waals surface area contributed by atoms with Gasteiger partial charge in [0.25, 0.3) is 5.56 Å². The zero-order valence-corrected chi connectivity index (χ0v) is 8.71. The van der Waals surface area contributed by atoms with Crippen molar-refractivity contribution in [2.24, 2.45) is 0 Å². The van der Waals surface area contributed by atoms with Crippen LogP contribution in [0, 0.1) is 12.3 Å². The minimum absolute atomic E-state index is 0.0339. The van der Waals surface area contributed by atoms with Crippen LogP contribution in [0.2, 0.25) is 0 Å². The third-order valence-corrected chi connectivity index (χ3v) is 1.77. The maximum absolute atomic E-state index is 11.3. The van der Waals surface area contributed by atoms with E-state index in [1.807, 2.05) is 0 Å². The van der Waals surface area contributed by atoms with E-state index in [4.69, 9.17) is 11.5 Å². The average molecular weight is 235 g/mol. The van der Waals surface area contributed by atoms with Crippen molar-refractivity contribution >= 4 is 11.9 Å². The fraction of sp³-hybridized carbons (Fsp3) is 0.200. The molecule has 0 spiro atoms. The Balaban J connectivity index is 2.87. The van der Waals surface area contributed by atoms with Gasteiger partial charge in [0.15, 0.2) is 5.69 Å². The van der Waals surface area contributed by atoms with Crippen LogP contribution in [0.15, 0.2) is 16.9 Å². The van der Waals surface area contributed by atoms with Crippen molar-refractivity contribution < 1.29 is 14.7 Å². The summed E-state index contributed by atoms with van der Waals surface area (Å²) < 4.78 is 0.759. The molecule has 0 fully saturated rings.